The van der Waals surface area contributed by atoms with E-state index >= 15 is 0 Å². The highest BCUT2D eigenvalue weighted by Gasteiger charge is 2.36. The summed E-state index contributed by atoms with van der Waals surface area (Å²) in [6.45, 7) is 2.30. The Morgan fingerprint density at radius 3 is 2.15 bits per heavy atom. The third kappa shape index (κ3) is 5.85. The third-order valence-electron chi connectivity index (χ3n) is 6.67. The molecule has 0 radical (unpaired) electrons. The average molecular weight is 529 g/mol. The van der Waals surface area contributed by atoms with Crippen LogP contribution in [-0.2, 0) is 22.7 Å². The number of nitrogens with one attached hydrogen (secondary N) is 2. The number of hydrogen-bond acceptors (Lipinski definition) is 7. The lowest BCUT2D eigenvalue weighted by molar-refractivity contribution is -0.140. The van der Waals surface area contributed by atoms with E-state index in [1.165, 1.54) is 31.7 Å². The van der Waals surface area contributed by atoms with Crippen molar-refractivity contribution >= 4 is 29.4 Å². The second-order valence-corrected chi connectivity index (χ2v) is 9.30. The summed E-state index contributed by atoms with van der Waals surface area (Å²) in [4.78, 5) is 51.3. The van der Waals surface area contributed by atoms with Crippen LogP contribution < -0.4 is 25.0 Å². The Morgan fingerprint density at radius 2 is 1.54 bits per heavy atom. The molecule has 0 unspecified atom stereocenters. The first kappa shape index (κ1) is 25.8. The van der Waals surface area contributed by atoms with Gasteiger partial charge in [-0.25, -0.2) is 4.79 Å². The summed E-state index contributed by atoms with van der Waals surface area (Å²) >= 11 is 0. The maximum Gasteiger partial charge on any atom is 0.331 e. The number of anilines is 1. The third-order valence-corrected chi connectivity index (χ3v) is 6.67. The highest BCUT2D eigenvalue weighted by Crippen LogP contribution is 2.27. The summed E-state index contributed by atoms with van der Waals surface area (Å²) in [5, 5.41) is 4.81. The molecule has 2 fully saturated rings. The molecule has 2 aliphatic heterocycles. The number of carbonyl (C=O) groups excluding carboxylic acids is 4. The standard InChI is InChI=1S/C29H28N4O6/c1-38-25-13-6-20(18-33-28(36)27(35)31-29(33)37)16-24(25)26(34)30-17-19-4-9-22(10-5-19)39-23-11-7-21(8-12-23)32-14-2-3-15-32/h4-13,16H,2-3,14-15,17-18H2,1H3,(H,30,34)(H,31,35,37). The predicted molar refractivity (Wildman–Crippen MR) is 143 cm³/mol. The molecule has 0 spiro atoms. The van der Waals surface area contributed by atoms with Gasteiger partial charge < -0.3 is 19.7 Å². The van der Waals surface area contributed by atoms with Crippen LogP contribution in [-0.4, -0.2) is 48.9 Å². The van der Waals surface area contributed by atoms with Gasteiger partial charge in [0.15, 0.2) is 0 Å². The van der Waals surface area contributed by atoms with Gasteiger partial charge in [-0.2, -0.15) is 0 Å². The molecule has 0 saturated carbocycles. The van der Waals surface area contributed by atoms with Crippen LogP contribution in [0.15, 0.2) is 66.7 Å². The zero-order valence-electron chi connectivity index (χ0n) is 21.4. The highest BCUT2D eigenvalue weighted by molar-refractivity contribution is 6.44. The fourth-order valence-corrected chi connectivity index (χ4v) is 4.58. The van der Waals surface area contributed by atoms with Crippen molar-refractivity contribution in [1.29, 1.82) is 0 Å². The lowest BCUT2D eigenvalue weighted by Gasteiger charge is -2.17. The number of benzene rings is 3. The average Bonchev–Trinajstić information content (AvgIpc) is 3.57. The smallest absolute Gasteiger partial charge is 0.331 e. The van der Waals surface area contributed by atoms with E-state index in [9.17, 15) is 19.2 Å². The molecular formula is C29H28N4O6. The quantitative estimate of drug-likeness (QED) is 0.322. The summed E-state index contributed by atoms with van der Waals surface area (Å²) in [6.07, 6.45) is 2.46. The zero-order valence-corrected chi connectivity index (χ0v) is 21.4. The minimum Gasteiger partial charge on any atom is -0.496 e. The van der Waals surface area contributed by atoms with Crippen molar-refractivity contribution in [3.8, 4) is 17.2 Å². The number of carbonyl (C=O) groups is 4. The van der Waals surface area contributed by atoms with Crippen molar-refractivity contribution in [3.05, 3.63) is 83.4 Å². The Bertz CT molecular complexity index is 1400. The van der Waals surface area contributed by atoms with Crippen molar-refractivity contribution in [2.45, 2.75) is 25.9 Å². The van der Waals surface area contributed by atoms with Crippen LogP contribution >= 0.6 is 0 Å². The second kappa shape index (κ2) is 11.3. The number of urea groups is 1. The molecule has 10 nitrogen and oxygen atoms in total. The number of hydrogen-bond donors (Lipinski definition) is 2. The van der Waals surface area contributed by atoms with E-state index in [4.69, 9.17) is 9.47 Å². The molecule has 2 aliphatic rings. The van der Waals surface area contributed by atoms with E-state index in [1.807, 2.05) is 41.7 Å². The topological polar surface area (TPSA) is 117 Å². The van der Waals surface area contributed by atoms with Gasteiger partial charge in [-0.05, 0) is 72.5 Å². The minimum atomic E-state index is -0.974. The normalized spacial score (nSPS) is 14.9. The monoisotopic (exact) mass is 528 g/mol. The van der Waals surface area contributed by atoms with E-state index in [1.54, 1.807) is 12.1 Å². The molecule has 0 aliphatic carbocycles. The van der Waals surface area contributed by atoms with E-state index in [-0.39, 0.29) is 24.6 Å². The molecule has 39 heavy (non-hydrogen) atoms. The van der Waals surface area contributed by atoms with Gasteiger partial charge in [-0.3, -0.25) is 24.6 Å². The van der Waals surface area contributed by atoms with Crippen LogP contribution in [0.1, 0.15) is 34.3 Å². The molecule has 10 heteroatoms. The maximum atomic E-state index is 13.0. The Balaban J connectivity index is 1.18. The zero-order chi connectivity index (χ0) is 27.4. The van der Waals surface area contributed by atoms with Crippen LogP contribution in [0.2, 0.25) is 0 Å². The highest BCUT2D eigenvalue weighted by atomic mass is 16.5. The first-order chi connectivity index (χ1) is 18.9. The van der Waals surface area contributed by atoms with E-state index in [2.05, 4.69) is 22.3 Å². The molecule has 5 amide bonds. The molecule has 0 bridgehead atoms. The van der Waals surface area contributed by atoms with Crippen molar-refractivity contribution in [2.24, 2.45) is 0 Å². The van der Waals surface area contributed by atoms with Gasteiger partial charge in [-0.1, -0.05) is 18.2 Å². The minimum absolute atomic E-state index is 0.150. The Kier molecular flexibility index (Phi) is 7.44. The van der Waals surface area contributed by atoms with Crippen molar-refractivity contribution in [3.63, 3.8) is 0 Å². The van der Waals surface area contributed by atoms with Crippen LogP contribution in [0, 0.1) is 0 Å². The van der Waals surface area contributed by atoms with Crippen LogP contribution in [0.5, 0.6) is 17.2 Å². The molecule has 2 N–H and O–H groups in total. The number of ether oxygens (including phenoxy) is 2. The van der Waals surface area contributed by atoms with Gasteiger partial charge in [0, 0.05) is 25.3 Å². The summed E-state index contributed by atoms with van der Waals surface area (Å²) in [5.74, 6) is -0.521. The van der Waals surface area contributed by atoms with Gasteiger partial charge in [0.05, 0.1) is 19.2 Å². The number of imide groups is 2. The summed E-state index contributed by atoms with van der Waals surface area (Å²) in [5.41, 5.74) is 2.81. The van der Waals surface area contributed by atoms with Crippen molar-refractivity contribution < 1.29 is 28.7 Å². The summed E-state index contributed by atoms with van der Waals surface area (Å²) in [6, 6.07) is 19.4. The first-order valence-electron chi connectivity index (χ1n) is 12.6. The summed E-state index contributed by atoms with van der Waals surface area (Å²) in [7, 11) is 1.45. The largest absolute Gasteiger partial charge is 0.496 e. The van der Waals surface area contributed by atoms with Gasteiger partial charge in [0.1, 0.15) is 17.2 Å². The number of rotatable bonds is 9. The Hall–Kier alpha value is -4.86. The van der Waals surface area contributed by atoms with Crippen molar-refractivity contribution in [2.75, 3.05) is 25.1 Å². The lowest BCUT2D eigenvalue weighted by atomic mass is 10.1. The van der Waals surface area contributed by atoms with E-state index in [0.717, 1.165) is 29.3 Å². The van der Waals surface area contributed by atoms with Crippen LogP contribution in [0.4, 0.5) is 10.5 Å². The molecule has 2 heterocycles. The molecular weight excluding hydrogens is 500 g/mol. The van der Waals surface area contributed by atoms with Crippen LogP contribution in [0.3, 0.4) is 0 Å². The molecule has 2 saturated heterocycles. The van der Waals surface area contributed by atoms with Gasteiger partial charge in [-0.15, -0.1) is 0 Å². The van der Waals surface area contributed by atoms with E-state index < -0.39 is 17.8 Å². The maximum absolute atomic E-state index is 13.0. The second-order valence-electron chi connectivity index (χ2n) is 9.30. The molecule has 0 atom stereocenters. The van der Waals surface area contributed by atoms with Gasteiger partial charge >= 0.3 is 17.8 Å². The molecule has 3 aromatic carbocycles. The van der Waals surface area contributed by atoms with Crippen molar-refractivity contribution in [1.82, 2.24) is 15.5 Å². The fraction of sp³-hybridized carbons (Fsp3) is 0.241. The fourth-order valence-electron chi connectivity index (χ4n) is 4.58. The Labute approximate surface area is 225 Å². The van der Waals surface area contributed by atoms with Crippen LogP contribution in [0.25, 0.3) is 0 Å². The molecule has 0 aromatic heterocycles. The number of nitrogens with zero attached hydrogens (tertiary/aromatic N) is 2. The Morgan fingerprint density at radius 1 is 0.897 bits per heavy atom. The van der Waals surface area contributed by atoms with Gasteiger partial charge in [0.2, 0.25) is 0 Å². The predicted octanol–water partition coefficient (Wildman–Crippen LogP) is 3.60. The first-order valence-corrected chi connectivity index (χ1v) is 12.6. The van der Waals surface area contributed by atoms with E-state index in [0.29, 0.717) is 17.1 Å². The number of amides is 5. The molecule has 5 rings (SSSR count). The summed E-state index contributed by atoms with van der Waals surface area (Å²) < 4.78 is 11.3. The SMILES string of the molecule is COc1ccc(CN2C(=O)NC(=O)C2=O)cc1C(=O)NCc1ccc(Oc2ccc(N3CCCC3)cc2)cc1. The number of methoxy groups -OCH3 is 1. The van der Waals surface area contributed by atoms with Gasteiger partial charge in [0.25, 0.3) is 5.91 Å². The lowest BCUT2D eigenvalue weighted by Crippen LogP contribution is -2.30. The molecule has 200 valence electrons. The molecule has 3 aromatic rings.